The van der Waals surface area contributed by atoms with Crippen molar-refractivity contribution >= 4 is 23.2 Å². The van der Waals surface area contributed by atoms with Crippen LogP contribution in [0.2, 0.25) is 10.0 Å². The van der Waals surface area contributed by atoms with E-state index in [1.165, 1.54) is 0 Å². The van der Waals surface area contributed by atoms with Gasteiger partial charge in [0.2, 0.25) is 0 Å². The van der Waals surface area contributed by atoms with Crippen molar-refractivity contribution in [2.45, 2.75) is 20.0 Å². The minimum atomic E-state index is 0.570. The lowest BCUT2D eigenvalue weighted by molar-refractivity contribution is 0.596. The van der Waals surface area contributed by atoms with Crippen molar-refractivity contribution in [3.05, 3.63) is 46.0 Å². The second-order valence-electron chi connectivity index (χ2n) is 3.85. The van der Waals surface area contributed by atoms with Gasteiger partial charge in [0.1, 0.15) is 12.2 Å². The second-order valence-corrected chi connectivity index (χ2v) is 4.69. The lowest BCUT2D eigenvalue weighted by Gasteiger charge is -2.08. The Morgan fingerprint density at radius 1 is 1.33 bits per heavy atom. The molecule has 0 spiro atoms. The molecule has 1 aromatic carbocycles. The summed E-state index contributed by atoms with van der Waals surface area (Å²) in [6, 6.07) is 5.41. The van der Waals surface area contributed by atoms with E-state index in [-0.39, 0.29) is 0 Å². The molecule has 0 amide bonds. The number of aromatic nitrogens is 3. The van der Waals surface area contributed by atoms with E-state index < -0.39 is 0 Å². The highest BCUT2D eigenvalue weighted by molar-refractivity contribution is 6.33. The summed E-state index contributed by atoms with van der Waals surface area (Å²) in [7, 11) is 0. The summed E-state index contributed by atoms with van der Waals surface area (Å²) in [5, 5.41) is 8.77. The number of halogens is 2. The van der Waals surface area contributed by atoms with Gasteiger partial charge >= 0.3 is 0 Å². The van der Waals surface area contributed by atoms with Crippen LogP contribution in [0.1, 0.15) is 18.3 Å². The van der Waals surface area contributed by atoms with Gasteiger partial charge in [-0.05, 0) is 30.3 Å². The normalized spacial score (nSPS) is 10.8. The van der Waals surface area contributed by atoms with Crippen LogP contribution in [0.4, 0.5) is 0 Å². The fourth-order valence-electron chi connectivity index (χ4n) is 1.62. The van der Waals surface area contributed by atoms with Crippen molar-refractivity contribution in [3.63, 3.8) is 0 Å². The summed E-state index contributed by atoms with van der Waals surface area (Å²) in [5.41, 5.74) is 0.937. The average molecular weight is 285 g/mol. The molecule has 0 fully saturated rings. The van der Waals surface area contributed by atoms with Crippen molar-refractivity contribution in [2.24, 2.45) is 0 Å². The molecular weight excluding hydrogens is 271 g/mol. The molecule has 6 heteroatoms. The van der Waals surface area contributed by atoms with E-state index in [9.17, 15) is 0 Å². The topological polar surface area (TPSA) is 42.7 Å². The first-order valence-electron chi connectivity index (χ1n) is 5.72. The van der Waals surface area contributed by atoms with Crippen molar-refractivity contribution in [3.8, 4) is 0 Å². The Hall–Kier alpha value is -1.10. The molecule has 0 radical (unpaired) electrons. The SMILES string of the molecule is CCNCc1ncnn1Cc1cc(Cl)ccc1Cl. The molecule has 1 aromatic heterocycles. The Labute approximate surface area is 116 Å². The van der Waals surface area contributed by atoms with E-state index in [2.05, 4.69) is 22.3 Å². The van der Waals surface area contributed by atoms with Gasteiger partial charge in [-0.15, -0.1) is 0 Å². The van der Waals surface area contributed by atoms with Gasteiger partial charge in [-0.3, -0.25) is 0 Å². The van der Waals surface area contributed by atoms with Crippen molar-refractivity contribution in [2.75, 3.05) is 6.54 Å². The Kier molecular flexibility index (Phi) is 4.58. The van der Waals surface area contributed by atoms with Crippen LogP contribution < -0.4 is 5.32 Å². The van der Waals surface area contributed by atoms with E-state index in [0.29, 0.717) is 23.1 Å². The van der Waals surface area contributed by atoms with Crippen molar-refractivity contribution < 1.29 is 0 Å². The number of nitrogens with one attached hydrogen (secondary N) is 1. The maximum atomic E-state index is 6.13. The summed E-state index contributed by atoms with van der Waals surface area (Å²) in [4.78, 5) is 4.22. The predicted molar refractivity (Wildman–Crippen MR) is 73.0 cm³/mol. The van der Waals surface area contributed by atoms with Crippen LogP contribution in [0.25, 0.3) is 0 Å². The molecular formula is C12H14Cl2N4. The molecule has 0 aliphatic carbocycles. The molecule has 2 aromatic rings. The molecule has 0 atom stereocenters. The molecule has 0 saturated carbocycles. The summed E-state index contributed by atoms with van der Waals surface area (Å²) in [6.07, 6.45) is 1.55. The third-order valence-electron chi connectivity index (χ3n) is 2.56. The average Bonchev–Trinajstić information content (AvgIpc) is 2.79. The fourth-order valence-corrected chi connectivity index (χ4v) is 1.99. The Morgan fingerprint density at radius 3 is 2.94 bits per heavy atom. The number of hydrogen-bond acceptors (Lipinski definition) is 3. The van der Waals surface area contributed by atoms with Crippen LogP contribution in [0, 0.1) is 0 Å². The highest BCUT2D eigenvalue weighted by atomic mass is 35.5. The van der Waals surface area contributed by atoms with E-state index in [0.717, 1.165) is 17.9 Å². The standard InChI is InChI=1S/C12H14Cl2N4/c1-2-15-6-12-16-8-17-18(12)7-9-5-10(13)3-4-11(9)14/h3-5,8,15H,2,6-7H2,1H3. The second kappa shape index (κ2) is 6.18. The molecule has 1 N–H and O–H groups in total. The number of hydrogen-bond donors (Lipinski definition) is 1. The van der Waals surface area contributed by atoms with Gasteiger partial charge in [-0.1, -0.05) is 30.1 Å². The molecule has 4 nitrogen and oxygen atoms in total. The van der Waals surface area contributed by atoms with E-state index in [1.54, 1.807) is 18.5 Å². The predicted octanol–water partition coefficient (Wildman–Crippen LogP) is 2.74. The summed E-state index contributed by atoms with van der Waals surface area (Å²) in [5.74, 6) is 0.882. The lowest BCUT2D eigenvalue weighted by Crippen LogP contribution is -2.17. The summed E-state index contributed by atoms with van der Waals surface area (Å²) < 4.78 is 1.82. The molecule has 2 rings (SSSR count). The molecule has 18 heavy (non-hydrogen) atoms. The molecule has 0 bridgehead atoms. The zero-order valence-corrected chi connectivity index (χ0v) is 11.5. The first kappa shape index (κ1) is 13.3. The first-order valence-corrected chi connectivity index (χ1v) is 6.47. The maximum Gasteiger partial charge on any atom is 0.141 e. The lowest BCUT2D eigenvalue weighted by atomic mass is 10.2. The number of rotatable bonds is 5. The van der Waals surface area contributed by atoms with Gasteiger partial charge in [0, 0.05) is 10.0 Å². The van der Waals surface area contributed by atoms with E-state index in [4.69, 9.17) is 23.2 Å². The van der Waals surface area contributed by atoms with Gasteiger partial charge in [0.15, 0.2) is 0 Å². The highest BCUT2D eigenvalue weighted by Crippen LogP contribution is 2.21. The van der Waals surface area contributed by atoms with Crippen LogP contribution in [0.3, 0.4) is 0 Å². The molecule has 0 aliphatic rings. The van der Waals surface area contributed by atoms with Crippen LogP contribution in [-0.2, 0) is 13.1 Å². The van der Waals surface area contributed by atoms with Crippen LogP contribution in [0.5, 0.6) is 0 Å². The van der Waals surface area contributed by atoms with Crippen molar-refractivity contribution in [1.29, 1.82) is 0 Å². The largest absolute Gasteiger partial charge is 0.310 e. The molecule has 0 unspecified atom stereocenters. The highest BCUT2D eigenvalue weighted by Gasteiger charge is 2.07. The smallest absolute Gasteiger partial charge is 0.141 e. The van der Waals surface area contributed by atoms with E-state index in [1.807, 2.05) is 10.7 Å². The molecule has 96 valence electrons. The number of nitrogens with zero attached hydrogens (tertiary/aromatic N) is 3. The Morgan fingerprint density at radius 2 is 2.17 bits per heavy atom. The Bertz CT molecular complexity index is 525. The first-order chi connectivity index (χ1) is 8.70. The van der Waals surface area contributed by atoms with Gasteiger partial charge in [-0.2, -0.15) is 5.10 Å². The van der Waals surface area contributed by atoms with Gasteiger partial charge in [0.25, 0.3) is 0 Å². The van der Waals surface area contributed by atoms with Gasteiger partial charge < -0.3 is 5.32 Å². The monoisotopic (exact) mass is 284 g/mol. The molecule has 1 heterocycles. The number of benzene rings is 1. The van der Waals surface area contributed by atoms with Crippen LogP contribution in [0.15, 0.2) is 24.5 Å². The third kappa shape index (κ3) is 3.22. The van der Waals surface area contributed by atoms with Crippen molar-refractivity contribution in [1.82, 2.24) is 20.1 Å². The molecule has 0 saturated heterocycles. The Balaban J connectivity index is 2.18. The summed E-state index contributed by atoms with van der Waals surface area (Å²) in [6.45, 7) is 4.20. The van der Waals surface area contributed by atoms with Gasteiger partial charge in [0.05, 0.1) is 13.1 Å². The quantitative estimate of drug-likeness (QED) is 0.918. The van der Waals surface area contributed by atoms with E-state index >= 15 is 0 Å². The van der Waals surface area contributed by atoms with Gasteiger partial charge in [-0.25, -0.2) is 9.67 Å². The van der Waals surface area contributed by atoms with Crippen LogP contribution in [-0.4, -0.2) is 21.3 Å². The maximum absolute atomic E-state index is 6.13. The zero-order valence-electron chi connectivity index (χ0n) is 10.0. The molecule has 0 aliphatic heterocycles. The van der Waals surface area contributed by atoms with Crippen LogP contribution >= 0.6 is 23.2 Å². The fraction of sp³-hybridized carbons (Fsp3) is 0.333. The third-order valence-corrected chi connectivity index (χ3v) is 3.16. The minimum Gasteiger partial charge on any atom is -0.310 e. The summed E-state index contributed by atoms with van der Waals surface area (Å²) >= 11 is 12.1. The minimum absolute atomic E-state index is 0.570. The zero-order chi connectivity index (χ0) is 13.0.